The van der Waals surface area contributed by atoms with Crippen molar-refractivity contribution in [1.82, 2.24) is 15.1 Å². The smallest absolute Gasteiger partial charge is 0.0850 e. The van der Waals surface area contributed by atoms with Gasteiger partial charge in [0.1, 0.15) is 0 Å². The van der Waals surface area contributed by atoms with Crippen molar-refractivity contribution < 1.29 is 5.11 Å². The molecule has 1 aromatic rings. The lowest BCUT2D eigenvalue weighted by molar-refractivity contribution is -0.00402. The van der Waals surface area contributed by atoms with Crippen molar-refractivity contribution in [2.45, 2.75) is 70.6 Å². The SMILES string of the molecule is CCc1nn(CC)c(CC2(O)CCC(NC)CC2)c1Cl. The summed E-state index contributed by atoms with van der Waals surface area (Å²) < 4.78 is 1.95. The minimum atomic E-state index is -0.630. The Labute approximate surface area is 126 Å². The lowest BCUT2D eigenvalue weighted by Crippen LogP contribution is -2.42. The lowest BCUT2D eigenvalue weighted by Gasteiger charge is -2.36. The third-order valence-electron chi connectivity index (χ3n) is 4.52. The number of aliphatic hydroxyl groups is 1. The molecule has 0 bridgehead atoms. The molecule has 1 aliphatic rings. The fourth-order valence-corrected chi connectivity index (χ4v) is 3.45. The zero-order chi connectivity index (χ0) is 14.8. The number of aromatic nitrogens is 2. The Morgan fingerprint density at radius 3 is 2.55 bits per heavy atom. The number of halogens is 1. The highest BCUT2D eigenvalue weighted by Crippen LogP contribution is 2.34. The Morgan fingerprint density at radius 1 is 1.40 bits per heavy atom. The van der Waals surface area contributed by atoms with Crippen molar-refractivity contribution in [3.05, 3.63) is 16.4 Å². The molecule has 0 saturated heterocycles. The number of nitrogens with one attached hydrogen (secondary N) is 1. The molecule has 2 N–H and O–H groups in total. The highest BCUT2D eigenvalue weighted by molar-refractivity contribution is 6.31. The number of nitrogens with zero attached hydrogens (tertiary/aromatic N) is 2. The summed E-state index contributed by atoms with van der Waals surface area (Å²) in [5, 5.41) is 19.4. The van der Waals surface area contributed by atoms with Gasteiger partial charge in [-0.15, -0.1) is 0 Å². The summed E-state index contributed by atoms with van der Waals surface area (Å²) in [6.45, 7) is 4.92. The number of hydrogen-bond acceptors (Lipinski definition) is 3. The van der Waals surface area contributed by atoms with Crippen LogP contribution in [-0.2, 0) is 19.4 Å². The standard InChI is InChI=1S/C15H26ClN3O/c1-4-12-14(16)13(19(5-2)18-12)10-15(20)8-6-11(17-3)7-9-15/h11,17,20H,4-10H2,1-3H3. The van der Waals surface area contributed by atoms with Crippen LogP contribution >= 0.6 is 11.6 Å². The Hall–Kier alpha value is -0.580. The first kappa shape index (κ1) is 15.8. The molecule has 1 fully saturated rings. The van der Waals surface area contributed by atoms with E-state index in [-0.39, 0.29) is 0 Å². The van der Waals surface area contributed by atoms with Crippen LogP contribution in [0.15, 0.2) is 0 Å². The maximum absolute atomic E-state index is 10.8. The van der Waals surface area contributed by atoms with Crippen molar-refractivity contribution in [1.29, 1.82) is 0 Å². The van der Waals surface area contributed by atoms with Gasteiger partial charge in [0.25, 0.3) is 0 Å². The summed E-state index contributed by atoms with van der Waals surface area (Å²) in [7, 11) is 1.99. The van der Waals surface area contributed by atoms with Gasteiger partial charge in [-0.1, -0.05) is 18.5 Å². The van der Waals surface area contributed by atoms with E-state index >= 15 is 0 Å². The fourth-order valence-electron chi connectivity index (χ4n) is 3.12. The molecule has 0 amide bonds. The van der Waals surface area contributed by atoms with Gasteiger partial charge in [-0.05, 0) is 46.1 Å². The molecule has 0 unspecified atom stereocenters. The first-order chi connectivity index (χ1) is 9.53. The van der Waals surface area contributed by atoms with Gasteiger partial charge in [0, 0.05) is 19.0 Å². The monoisotopic (exact) mass is 299 g/mol. The number of rotatable bonds is 5. The molecule has 1 heterocycles. The molecule has 0 atom stereocenters. The Kier molecular flexibility index (Phi) is 5.10. The first-order valence-corrected chi connectivity index (χ1v) is 8.04. The second-order valence-corrected chi connectivity index (χ2v) is 6.22. The first-order valence-electron chi connectivity index (χ1n) is 7.66. The van der Waals surface area contributed by atoms with E-state index in [9.17, 15) is 5.11 Å². The van der Waals surface area contributed by atoms with Crippen LogP contribution in [0.25, 0.3) is 0 Å². The van der Waals surface area contributed by atoms with E-state index in [2.05, 4.69) is 24.3 Å². The molecule has 20 heavy (non-hydrogen) atoms. The van der Waals surface area contributed by atoms with Crippen molar-refractivity contribution in [3.63, 3.8) is 0 Å². The maximum atomic E-state index is 10.8. The van der Waals surface area contributed by atoms with E-state index in [0.717, 1.165) is 55.1 Å². The van der Waals surface area contributed by atoms with Gasteiger partial charge in [-0.2, -0.15) is 5.10 Å². The van der Waals surface area contributed by atoms with Gasteiger partial charge < -0.3 is 10.4 Å². The van der Waals surface area contributed by atoms with Crippen LogP contribution in [0.3, 0.4) is 0 Å². The molecule has 1 aliphatic carbocycles. The van der Waals surface area contributed by atoms with Crippen molar-refractivity contribution in [2.24, 2.45) is 0 Å². The second kappa shape index (κ2) is 6.46. The van der Waals surface area contributed by atoms with Crippen LogP contribution in [0, 0.1) is 0 Å². The van der Waals surface area contributed by atoms with Crippen LogP contribution in [0.4, 0.5) is 0 Å². The van der Waals surface area contributed by atoms with Gasteiger partial charge >= 0.3 is 0 Å². The maximum Gasteiger partial charge on any atom is 0.0850 e. The zero-order valence-corrected chi connectivity index (χ0v) is 13.5. The van der Waals surface area contributed by atoms with Gasteiger partial charge in [0.05, 0.1) is 22.0 Å². The van der Waals surface area contributed by atoms with Gasteiger partial charge in [0.15, 0.2) is 0 Å². The highest BCUT2D eigenvalue weighted by Gasteiger charge is 2.35. The average molecular weight is 300 g/mol. The predicted molar refractivity (Wildman–Crippen MR) is 82.3 cm³/mol. The molecule has 5 heteroatoms. The van der Waals surface area contributed by atoms with Gasteiger partial charge in [-0.3, -0.25) is 4.68 Å². The van der Waals surface area contributed by atoms with Gasteiger partial charge in [-0.25, -0.2) is 0 Å². The number of aryl methyl sites for hydroxylation is 2. The van der Waals surface area contributed by atoms with E-state index in [4.69, 9.17) is 11.6 Å². The van der Waals surface area contributed by atoms with Crippen LogP contribution in [-0.4, -0.2) is 33.6 Å². The summed E-state index contributed by atoms with van der Waals surface area (Å²) in [6, 6.07) is 0.535. The zero-order valence-electron chi connectivity index (χ0n) is 12.7. The topological polar surface area (TPSA) is 50.1 Å². The van der Waals surface area contributed by atoms with Crippen LogP contribution in [0.2, 0.25) is 5.02 Å². The normalized spacial score (nSPS) is 26.9. The van der Waals surface area contributed by atoms with Crippen molar-refractivity contribution >= 4 is 11.6 Å². The van der Waals surface area contributed by atoms with E-state index < -0.39 is 5.60 Å². The van der Waals surface area contributed by atoms with E-state index in [0.29, 0.717) is 12.5 Å². The molecule has 0 aliphatic heterocycles. The minimum absolute atomic E-state index is 0.535. The molecule has 114 valence electrons. The van der Waals surface area contributed by atoms with E-state index in [1.165, 1.54) is 0 Å². The van der Waals surface area contributed by atoms with Crippen molar-refractivity contribution in [2.75, 3.05) is 7.05 Å². The number of hydrogen-bond donors (Lipinski definition) is 2. The third-order valence-corrected chi connectivity index (χ3v) is 4.95. The Bertz CT molecular complexity index is 450. The van der Waals surface area contributed by atoms with Crippen molar-refractivity contribution in [3.8, 4) is 0 Å². The second-order valence-electron chi connectivity index (χ2n) is 5.84. The summed E-state index contributed by atoms with van der Waals surface area (Å²) in [4.78, 5) is 0. The molecule has 1 aromatic heterocycles. The average Bonchev–Trinajstić information content (AvgIpc) is 2.76. The van der Waals surface area contributed by atoms with Crippen LogP contribution in [0.1, 0.15) is 50.9 Å². The van der Waals surface area contributed by atoms with Crippen LogP contribution < -0.4 is 5.32 Å². The quantitative estimate of drug-likeness (QED) is 0.878. The summed E-state index contributed by atoms with van der Waals surface area (Å²) >= 11 is 6.44. The highest BCUT2D eigenvalue weighted by atomic mass is 35.5. The Balaban J connectivity index is 2.15. The molecule has 4 nitrogen and oxygen atoms in total. The Morgan fingerprint density at radius 2 is 2.05 bits per heavy atom. The van der Waals surface area contributed by atoms with E-state index in [1.54, 1.807) is 0 Å². The molecule has 0 aromatic carbocycles. The van der Waals surface area contributed by atoms with E-state index in [1.807, 2.05) is 11.7 Å². The summed E-state index contributed by atoms with van der Waals surface area (Å²) in [6.07, 6.45) is 5.13. The molecule has 0 radical (unpaired) electrons. The third kappa shape index (κ3) is 3.18. The molecule has 0 spiro atoms. The summed E-state index contributed by atoms with van der Waals surface area (Å²) in [5.74, 6) is 0. The lowest BCUT2D eigenvalue weighted by atomic mass is 9.79. The molecule has 2 rings (SSSR count). The van der Waals surface area contributed by atoms with Gasteiger partial charge in [0.2, 0.25) is 0 Å². The summed E-state index contributed by atoms with van der Waals surface area (Å²) in [5.41, 5.74) is 1.31. The minimum Gasteiger partial charge on any atom is -0.389 e. The largest absolute Gasteiger partial charge is 0.389 e. The molecular weight excluding hydrogens is 274 g/mol. The predicted octanol–water partition coefficient (Wildman–Crippen LogP) is 2.55. The molecule has 1 saturated carbocycles. The fraction of sp³-hybridized carbons (Fsp3) is 0.800. The molecular formula is C15H26ClN3O. The van der Waals surface area contributed by atoms with Crippen LogP contribution in [0.5, 0.6) is 0 Å².